The smallest absolute Gasteiger partial charge is 0.335 e. The summed E-state index contributed by atoms with van der Waals surface area (Å²) >= 11 is 0. The third-order valence-corrected chi connectivity index (χ3v) is 3.85. The fraction of sp³-hybridized carbons (Fsp3) is 0.118. The lowest BCUT2D eigenvalue weighted by Crippen LogP contribution is -2.05. The van der Waals surface area contributed by atoms with E-state index in [2.05, 4.69) is 22.8 Å². The van der Waals surface area contributed by atoms with Gasteiger partial charge in [0.25, 0.3) is 0 Å². The molecule has 0 aliphatic carbocycles. The molecule has 3 heteroatoms. The quantitative estimate of drug-likeness (QED) is 0.762. The van der Waals surface area contributed by atoms with Crippen molar-refractivity contribution in [3.05, 3.63) is 65.4 Å². The maximum Gasteiger partial charge on any atom is 0.335 e. The molecule has 100 valence electrons. The van der Waals surface area contributed by atoms with Gasteiger partial charge in [0.05, 0.1) is 11.1 Å². The van der Waals surface area contributed by atoms with E-state index in [0.717, 1.165) is 22.3 Å². The van der Waals surface area contributed by atoms with Crippen LogP contribution in [0.15, 0.2) is 48.7 Å². The summed E-state index contributed by atoms with van der Waals surface area (Å²) in [4.78, 5) is 11.2. The highest BCUT2D eigenvalue weighted by molar-refractivity contribution is 5.90. The largest absolute Gasteiger partial charge is 0.478 e. The van der Waals surface area contributed by atoms with Crippen molar-refractivity contribution >= 4 is 16.9 Å². The molecule has 0 aliphatic rings. The molecule has 0 amide bonds. The van der Waals surface area contributed by atoms with Gasteiger partial charge >= 0.3 is 5.97 Å². The number of rotatable bonds is 2. The van der Waals surface area contributed by atoms with Crippen LogP contribution in [0.5, 0.6) is 0 Å². The van der Waals surface area contributed by atoms with Crippen molar-refractivity contribution in [1.29, 1.82) is 0 Å². The van der Waals surface area contributed by atoms with Crippen LogP contribution in [0.3, 0.4) is 0 Å². The molecule has 1 N–H and O–H groups in total. The minimum Gasteiger partial charge on any atom is -0.478 e. The van der Waals surface area contributed by atoms with E-state index >= 15 is 0 Å². The second kappa shape index (κ2) is 4.53. The zero-order valence-electron chi connectivity index (χ0n) is 11.4. The first kappa shape index (κ1) is 12.5. The lowest BCUT2D eigenvalue weighted by molar-refractivity contribution is 0.0696. The average molecular weight is 265 g/mol. The van der Waals surface area contributed by atoms with Gasteiger partial charge in [-0.3, -0.25) is 0 Å². The van der Waals surface area contributed by atoms with Crippen LogP contribution in [0.25, 0.3) is 16.6 Å². The zero-order valence-corrected chi connectivity index (χ0v) is 11.4. The Labute approximate surface area is 117 Å². The van der Waals surface area contributed by atoms with Gasteiger partial charge in [0.1, 0.15) is 0 Å². The van der Waals surface area contributed by atoms with Gasteiger partial charge in [-0.25, -0.2) is 4.79 Å². The minimum atomic E-state index is -0.880. The Kier molecular flexibility index (Phi) is 2.83. The molecule has 3 nitrogen and oxygen atoms in total. The Morgan fingerprint density at radius 1 is 1.00 bits per heavy atom. The first-order valence-corrected chi connectivity index (χ1v) is 6.49. The lowest BCUT2D eigenvalue weighted by atomic mass is 10.0. The molecule has 2 aromatic carbocycles. The lowest BCUT2D eigenvalue weighted by Gasteiger charge is -2.13. The van der Waals surface area contributed by atoms with E-state index < -0.39 is 5.97 Å². The number of para-hydroxylation sites is 1. The number of nitrogens with zero attached hydrogens (tertiary/aromatic N) is 1. The van der Waals surface area contributed by atoms with Gasteiger partial charge in [0.15, 0.2) is 0 Å². The van der Waals surface area contributed by atoms with Crippen molar-refractivity contribution < 1.29 is 9.90 Å². The second-order valence-corrected chi connectivity index (χ2v) is 4.93. The van der Waals surface area contributed by atoms with Gasteiger partial charge in [0.2, 0.25) is 0 Å². The summed E-state index contributed by atoms with van der Waals surface area (Å²) in [5.41, 5.74) is 4.31. The zero-order chi connectivity index (χ0) is 14.3. The molecule has 0 fully saturated rings. The van der Waals surface area contributed by atoms with Gasteiger partial charge in [-0.1, -0.05) is 18.2 Å². The molecule has 3 aromatic rings. The molecule has 1 heterocycles. The minimum absolute atomic E-state index is 0.364. The van der Waals surface area contributed by atoms with Gasteiger partial charge in [-0.15, -0.1) is 0 Å². The molecular formula is C17H15NO2. The Morgan fingerprint density at radius 2 is 1.75 bits per heavy atom. The molecule has 0 radical (unpaired) electrons. The Balaban J connectivity index is 2.25. The van der Waals surface area contributed by atoms with E-state index in [-0.39, 0.29) is 0 Å². The summed E-state index contributed by atoms with van der Waals surface area (Å²) in [6, 6.07) is 13.8. The van der Waals surface area contributed by atoms with Crippen molar-refractivity contribution in [3.8, 4) is 5.69 Å². The molecule has 0 aliphatic heterocycles. The number of aromatic nitrogens is 1. The van der Waals surface area contributed by atoms with Crippen LogP contribution in [0, 0.1) is 13.8 Å². The first-order chi connectivity index (χ1) is 9.59. The van der Waals surface area contributed by atoms with Crippen molar-refractivity contribution in [1.82, 2.24) is 4.57 Å². The molecule has 3 rings (SSSR count). The number of fused-ring (bicyclic) bond motifs is 1. The molecule has 20 heavy (non-hydrogen) atoms. The molecule has 0 spiro atoms. The highest BCUT2D eigenvalue weighted by atomic mass is 16.4. The molecule has 1 aromatic heterocycles. The van der Waals surface area contributed by atoms with Crippen molar-refractivity contribution in [2.24, 2.45) is 0 Å². The summed E-state index contributed by atoms with van der Waals surface area (Å²) in [5.74, 6) is -0.880. The summed E-state index contributed by atoms with van der Waals surface area (Å²) in [6.07, 6.45) is 2.02. The normalized spacial score (nSPS) is 10.9. The summed E-state index contributed by atoms with van der Waals surface area (Å²) < 4.78 is 2.10. The van der Waals surface area contributed by atoms with Crippen molar-refractivity contribution in [2.45, 2.75) is 13.8 Å². The second-order valence-electron chi connectivity index (χ2n) is 4.93. The molecule has 0 saturated carbocycles. The van der Waals surface area contributed by atoms with Gasteiger partial charge < -0.3 is 9.67 Å². The third-order valence-electron chi connectivity index (χ3n) is 3.85. The van der Waals surface area contributed by atoms with Crippen LogP contribution < -0.4 is 0 Å². The van der Waals surface area contributed by atoms with E-state index in [1.54, 1.807) is 6.07 Å². The van der Waals surface area contributed by atoms with Crippen LogP contribution in [0.4, 0.5) is 0 Å². The van der Waals surface area contributed by atoms with Crippen LogP contribution in [0.2, 0.25) is 0 Å². The van der Waals surface area contributed by atoms with Crippen LogP contribution in [-0.4, -0.2) is 15.6 Å². The molecule has 0 bridgehead atoms. The topological polar surface area (TPSA) is 42.2 Å². The monoisotopic (exact) mass is 265 g/mol. The Hall–Kier alpha value is -2.55. The van der Waals surface area contributed by atoms with E-state index in [1.165, 1.54) is 5.39 Å². The van der Waals surface area contributed by atoms with Crippen LogP contribution in [-0.2, 0) is 0 Å². The average Bonchev–Trinajstić information content (AvgIpc) is 2.85. The predicted molar refractivity (Wildman–Crippen MR) is 79.7 cm³/mol. The predicted octanol–water partition coefficient (Wildman–Crippen LogP) is 3.95. The van der Waals surface area contributed by atoms with Crippen LogP contribution in [0.1, 0.15) is 21.5 Å². The number of hydrogen-bond acceptors (Lipinski definition) is 1. The molecular weight excluding hydrogens is 250 g/mol. The fourth-order valence-electron chi connectivity index (χ4n) is 2.59. The first-order valence-electron chi connectivity index (χ1n) is 6.49. The highest BCUT2D eigenvalue weighted by Crippen LogP contribution is 2.26. The summed E-state index contributed by atoms with van der Waals surface area (Å²) in [7, 11) is 0. The van der Waals surface area contributed by atoms with Gasteiger partial charge in [0, 0.05) is 11.9 Å². The SMILES string of the molecule is Cc1c(C(=O)O)ccc(-n2ccc3ccccc32)c1C. The van der Waals surface area contributed by atoms with Crippen molar-refractivity contribution in [3.63, 3.8) is 0 Å². The third kappa shape index (κ3) is 1.79. The number of carbonyl (C=O) groups is 1. The van der Waals surface area contributed by atoms with Crippen LogP contribution >= 0.6 is 0 Å². The number of carboxylic acid groups (broad SMARTS) is 1. The Bertz CT molecular complexity index is 815. The van der Waals surface area contributed by atoms with E-state index in [0.29, 0.717) is 5.56 Å². The van der Waals surface area contributed by atoms with E-state index in [1.807, 2.05) is 38.2 Å². The number of benzene rings is 2. The maximum absolute atomic E-state index is 11.2. The molecule has 0 atom stereocenters. The van der Waals surface area contributed by atoms with Crippen molar-refractivity contribution in [2.75, 3.05) is 0 Å². The number of aromatic carboxylic acids is 1. The molecule has 0 saturated heterocycles. The summed E-state index contributed by atoms with van der Waals surface area (Å²) in [6.45, 7) is 3.82. The standard InChI is InChI=1S/C17H15NO2/c1-11-12(2)15(8-7-14(11)17(19)20)18-10-9-13-5-3-4-6-16(13)18/h3-10H,1-2H3,(H,19,20). The highest BCUT2D eigenvalue weighted by Gasteiger charge is 2.13. The fourth-order valence-corrected chi connectivity index (χ4v) is 2.59. The number of carboxylic acids is 1. The van der Waals surface area contributed by atoms with E-state index in [9.17, 15) is 9.90 Å². The summed E-state index contributed by atoms with van der Waals surface area (Å²) in [5, 5.41) is 10.3. The maximum atomic E-state index is 11.2. The van der Waals surface area contributed by atoms with Gasteiger partial charge in [-0.05, 0) is 54.6 Å². The van der Waals surface area contributed by atoms with Gasteiger partial charge in [-0.2, -0.15) is 0 Å². The van der Waals surface area contributed by atoms with E-state index in [4.69, 9.17) is 0 Å². The molecule has 0 unspecified atom stereocenters. The number of hydrogen-bond donors (Lipinski definition) is 1. The Morgan fingerprint density at radius 3 is 2.50 bits per heavy atom.